The Bertz CT molecular complexity index is 437. The van der Waals surface area contributed by atoms with Crippen molar-refractivity contribution in [3.8, 4) is 0 Å². The lowest BCUT2D eigenvalue weighted by Crippen LogP contribution is -2.23. The van der Waals surface area contributed by atoms with Gasteiger partial charge in [-0.25, -0.2) is 9.97 Å². The summed E-state index contributed by atoms with van der Waals surface area (Å²) < 4.78 is 38.1. The monoisotopic (exact) mass is 292 g/mol. The van der Waals surface area contributed by atoms with Gasteiger partial charge in [0.1, 0.15) is 11.6 Å². The van der Waals surface area contributed by atoms with E-state index in [0.29, 0.717) is 13.0 Å². The van der Waals surface area contributed by atoms with Crippen LogP contribution in [0.5, 0.6) is 0 Å². The molecule has 0 spiro atoms. The summed E-state index contributed by atoms with van der Waals surface area (Å²) in [6, 6.07) is 1.21. The van der Waals surface area contributed by atoms with E-state index in [1.165, 1.54) is 6.07 Å². The number of hydrogen-bond donors (Lipinski definition) is 3. The van der Waals surface area contributed by atoms with Gasteiger partial charge in [-0.05, 0) is 27.2 Å². The van der Waals surface area contributed by atoms with Gasteiger partial charge in [0, 0.05) is 18.7 Å². The van der Waals surface area contributed by atoms with E-state index in [9.17, 15) is 18.3 Å². The highest BCUT2D eigenvalue weighted by atomic mass is 19.4. The molecule has 1 aromatic rings. The highest BCUT2D eigenvalue weighted by Crippen LogP contribution is 2.28. The first kappa shape index (κ1) is 16.5. The fourth-order valence-electron chi connectivity index (χ4n) is 1.74. The fraction of sp³-hybridized carbons (Fsp3) is 0.667. The summed E-state index contributed by atoms with van der Waals surface area (Å²) in [5.41, 5.74) is 0. The molecular formula is C12H19F3N4O. The molecule has 0 saturated heterocycles. The summed E-state index contributed by atoms with van der Waals surface area (Å²) in [6.45, 7) is 5.59. The Morgan fingerprint density at radius 2 is 1.85 bits per heavy atom. The Kier molecular flexibility index (Phi) is 5.55. The van der Waals surface area contributed by atoms with Gasteiger partial charge >= 0.3 is 6.18 Å². The highest BCUT2D eigenvalue weighted by Gasteiger charge is 2.35. The summed E-state index contributed by atoms with van der Waals surface area (Å²) in [4.78, 5) is 6.89. The number of halogens is 3. The standard InChI is InChI=1S/C12H19F3N4O/c1-4-16-9-6-10(17-7(2)5-8(3)20)19-11(18-9)12(13,14)15/h6-8,20H,4-5H2,1-3H3,(H2,16,17,18,19). The summed E-state index contributed by atoms with van der Waals surface area (Å²) in [5, 5.41) is 14.8. The molecule has 2 atom stereocenters. The first-order valence-electron chi connectivity index (χ1n) is 6.37. The molecule has 114 valence electrons. The minimum Gasteiger partial charge on any atom is -0.393 e. The molecular weight excluding hydrogens is 273 g/mol. The van der Waals surface area contributed by atoms with Gasteiger partial charge in [0.15, 0.2) is 0 Å². The number of rotatable bonds is 6. The van der Waals surface area contributed by atoms with Crippen LogP contribution >= 0.6 is 0 Å². The Balaban J connectivity index is 2.97. The van der Waals surface area contributed by atoms with E-state index in [1.54, 1.807) is 20.8 Å². The lowest BCUT2D eigenvalue weighted by Gasteiger charge is -2.17. The van der Waals surface area contributed by atoms with Crippen molar-refractivity contribution in [2.75, 3.05) is 17.2 Å². The molecule has 0 aliphatic rings. The zero-order valence-corrected chi connectivity index (χ0v) is 11.6. The number of anilines is 2. The third-order valence-electron chi connectivity index (χ3n) is 2.43. The molecule has 20 heavy (non-hydrogen) atoms. The first-order chi connectivity index (χ1) is 9.22. The van der Waals surface area contributed by atoms with Crippen molar-refractivity contribution in [2.45, 2.75) is 45.5 Å². The quantitative estimate of drug-likeness (QED) is 0.751. The summed E-state index contributed by atoms with van der Waals surface area (Å²) in [5.74, 6) is -0.999. The number of aliphatic hydroxyl groups excluding tert-OH is 1. The van der Waals surface area contributed by atoms with Crippen molar-refractivity contribution < 1.29 is 18.3 Å². The molecule has 0 radical (unpaired) electrons. The van der Waals surface area contributed by atoms with Gasteiger partial charge in [0.25, 0.3) is 0 Å². The third kappa shape index (κ3) is 5.20. The topological polar surface area (TPSA) is 70.1 Å². The van der Waals surface area contributed by atoms with Gasteiger partial charge in [-0.15, -0.1) is 0 Å². The van der Waals surface area contributed by atoms with E-state index in [-0.39, 0.29) is 17.7 Å². The van der Waals surface area contributed by atoms with Crippen LogP contribution in [0, 0.1) is 0 Å². The van der Waals surface area contributed by atoms with Crippen LogP contribution in [-0.4, -0.2) is 33.8 Å². The van der Waals surface area contributed by atoms with Gasteiger partial charge in [0.2, 0.25) is 5.82 Å². The van der Waals surface area contributed by atoms with Gasteiger partial charge in [-0.3, -0.25) is 0 Å². The van der Waals surface area contributed by atoms with E-state index in [2.05, 4.69) is 20.6 Å². The number of alkyl halides is 3. The van der Waals surface area contributed by atoms with Crippen LogP contribution in [0.3, 0.4) is 0 Å². The maximum atomic E-state index is 12.7. The van der Waals surface area contributed by atoms with Crippen LogP contribution in [0.25, 0.3) is 0 Å². The molecule has 0 aliphatic carbocycles. The third-order valence-corrected chi connectivity index (χ3v) is 2.43. The van der Waals surface area contributed by atoms with Crippen LogP contribution in [0.1, 0.15) is 33.0 Å². The van der Waals surface area contributed by atoms with Gasteiger partial charge in [-0.1, -0.05) is 0 Å². The minimum absolute atomic E-state index is 0.0800. The van der Waals surface area contributed by atoms with Crippen LogP contribution in [0.4, 0.5) is 24.8 Å². The number of nitrogens with one attached hydrogen (secondary N) is 2. The van der Waals surface area contributed by atoms with Crippen LogP contribution in [0.15, 0.2) is 6.07 Å². The summed E-state index contributed by atoms with van der Waals surface area (Å²) in [6.07, 6.45) is -4.74. The second-order valence-corrected chi connectivity index (χ2v) is 4.62. The van der Waals surface area contributed by atoms with Gasteiger partial charge in [-0.2, -0.15) is 13.2 Å². The molecule has 0 aromatic carbocycles. The molecule has 2 unspecified atom stereocenters. The Morgan fingerprint density at radius 3 is 2.35 bits per heavy atom. The molecule has 0 saturated carbocycles. The SMILES string of the molecule is CCNc1cc(NC(C)CC(C)O)nc(C(F)(F)F)n1. The van der Waals surface area contributed by atoms with Crippen molar-refractivity contribution in [2.24, 2.45) is 0 Å². The minimum atomic E-state index is -4.60. The summed E-state index contributed by atoms with van der Waals surface area (Å²) >= 11 is 0. The molecule has 8 heteroatoms. The number of aromatic nitrogens is 2. The van der Waals surface area contributed by atoms with Crippen molar-refractivity contribution in [1.29, 1.82) is 0 Å². The maximum Gasteiger partial charge on any atom is 0.451 e. The summed E-state index contributed by atoms with van der Waals surface area (Å²) in [7, 11) is 0. The van der Waals surface area contributed by atoms with E-state index in [1.807, 2.05) is 0 Å². The molecule has 0 bridgehead atoms. The maximum absolute atomic E-state index is 12.7. The zero-order chi connectivity index (χ0) is 15.3. The van der Waals surface area contributed by atoms with Crippen LogP contribution < -0.4 is 10.6 Å². The van der Waals surface area contributed by atoms with Gasteiger partial charge in [0.05, 0.1) is 6.10 Å². The average molecular weight is 292 g/mol. The van der Waals surface area contributed by atoms with Crippen LogP contribution in [0.2, 0.25) is 0 Å². The molecule has 5 nitrogen and oxygen atoms in total. The molecule has 0 aliphatic heterocycles. The van der Waals surface area contributed by atoms with Crippen molar-refractivity contribution >= 4 is 11.6 Å². The first-order valence-corrected chi connectivity index (χ1v) is 6.37. The highest BCUT2D eigenvalue weighted by molar-refractivity contribution is 5.48. The predicted molar refractivity (Wildman–Crippen MR) is 70.6 cm³/mol. The molecule has 3 N–H and O–H groups in total. The average Bonchev–Trinajstić information content (AvgIpc) is 2.26. The van der Waals surface area contributed by atoms with Crippen molar-refractivity contribution in [3.05, 3.63) is 11.9 Å². The Morgan fingerprint density at radius 1 is 1.25 bits per heavy atom. The second kappa shape index (κ2) is 6.74. The number of aliphatic hydroxyl groups is 1. The molecule has 1 aromatic heterocycles. The van der Waals surface area contributed by atoms with Crippen molar-refractivity contribution in [1.82, 2.24) is 9.97 Å². The normalized spacial score (nSPS) is 14.8. The van der Waals surface area contributed by atoms with E-state index >= 15 is 0 Å². The lowest BCUT2D eigenvalue weighted by molar-refractivity contribution is -0.144. The predicted octanol–water partition coefficient (Wildman–Crippen LogP) is 2.50. The fourth-order valence-corrected chi connectivity index (χ4v) is 1.74. The second-order valence-electron chi connectivity index (χ2n) is 4.62. The molecule has 0 fully saturated rings. The zero-order valence-electron chi connectivity index (χ0n) is 11.6. The number of hydrogen-bond acceptors (Lipinski definition) is 5. The molecule has 1 heterocycles. The molecule has 1 rings (SSSR count). The largest absolute Gasteiger partial charge is 0.451 e. The lowest BCUT2D eigenvalue weighted by atomic mass is 10.1. The molecule has 0 amide bonds. The van der Waals surface area contributed by atoms with Crippen molar-refractivity contribution in [3.63, 3.8) is 0 Å². The van der Waals surface area contributed by atoms with E-state index < -0.39 is 18.1 Å². The Labute approximate surface area is 115 Å². The van der Waals surface area contributed by atoms with Crippen LogP contribution in [-0.2, 0) is 6.18 Å². The van der Waals surface area contributed by atoms with E-state index in [0.717, 1.165) is 0 Å². The van der Waals surface area contributed by atoms with E-state index in [4.69, 9.17) is 0 Å². The van der Waals surface area contributed by atoms with Gasteiger partial charge < -0.3 is 15.7 Å². The number of nitrogens with zero attached hydrogens (tertiary/aromatic N) is 2. The smallest absolute Gasteiger partial charge is 0.393 e. The Hall–Kier alpha value is -1.57.